The number of aliphatic hydroxyl groups excluding tert-OH is 1. The van der Waals surface area contributed by atoms with E-state index in [1.54, 1.807) is 0 Å². The molecule has 1 aromatic carbocycles. The molecule has 1 aromatic rings. The minimum Gasteiger partial charge on any atom is -0.388 e. The number of carbonyl (C=O) groups is 1. The maximum Gasteiger partial charge on any atom is 0.234 e. The summed E-state index contributed by atoms with van der Waals surface area (Å²) < 4.78 is 0. The molecule has 0 aromatic heterocycles. The zero-order chi connectivity index (χ0) is 14.0. The van der Waals surface area contributed by atoms with Crippen molar-refractivity contribution in [2.24, 2.45) is 11.3 Å². The van der Waals surface area contributed by atoms with Crippen molar-refractivity contribution in [3.05, 3.63) is 29.3 Å². The molecule has 3 heteroatoms. The first-order valence-corrected chi connectivity index (χ1v) is 6.87. The first kappa shape index (κ1) is 12.7. The van der Waals surface area contributed by atoms with Crippen LogP contribution in [0, 0.1) is 11.3 Å². The first-order valence-electron chi connectivity index (χ1n) is 6.87. The lowest BCUT2D eigenvalue weighted by Gasteiger charge is -2.18. The quantitative estimate of drug-likeness (QED) is 0.857. The van der Waals surface area contributed by atoms with Gasteiger partial charge in [0, 0.05) is 5.69 Å². The number of rotatable bonds is 2. The average molecular weight is 259 g/mol. The SMILES string of the molecule is CC1(C)C(=O)Nc2ccc(C(O)C3CC3(C)C)cc21. The predicted octanol–water partition coefficient (Wildman–Crippen LogP) is 3.00. The Morgan fingerprint density at radius 2 is 1.95 bits per heavy atom. The number of nitrogens with one attached hydrogen (secondary N) is 1. The summed E-state index contributed by atoms with van der Waals surface area (Å²) in [6.45, 7) is 8.21. The number of aliphatic hydroxyl groups is 1. The number of benzene rings is 1. The van der Waals surface area contributed by atoms with Crippen LogP contribution in [0.25, 0.3) is 0 Å². The van der Waals surface area contributed by atoms with Crippen molar-refractivity contribution in [3.8, 4) is 0 Å². The molecular weight excluding hydrogens is 238 g/mol. The Balaban J connectivity index is 1.95. The van der Waals surface area contributed by atoms with Crippen molar-refractivity contribution in [1.29, 1.82) is 0 Å². The van der Waals surface area contributed by atoms with Gasteiger partial charge >= 0.3 is 0 Å². The van der Waals surface area contributed by atoms with Gasteiger partial charge in [0.05, 0.1) is 11.5 Å². The predicted molar refractivity (Wildman–Crippen MR) is 74.9 cm³/mol. The molecule has 0 bridgehead atoms. The van der Waals surface area contributed by atoms with E-state index in [4.69, 9.17) is 0 Å². The second-order valence-corrected chi connectivity index (χ2v) is 7.13. The molecule has 19 heavy (non-hydrogen) atoms. The summed E-state index contributed by atoms with van der Waals surface area (Å²) in [5.74, 6) is 0.361. The van der Waals surface area contributed by atoms with E-state index in [0.717, 1.165) is 23.2 Å². The lowest BCUT2D eigenvalue weighted by Crippen LogP contribution is -2.27. The van der Waals surface area contributed by atoms with Crippen LogP contribution in [-0.4, -0.2) is 11.0 Å². The Labute approximate surface area is 114 Å². The number of carbonyl (C=O) groups excluding carboxylic acids is 1. The molecule has 0 spiro atoms. The van der Waals surface area contributed by atoms with Crippen LogP contribution in [0.2, 0.25) is 0 Å². The van der Waals surface area contributed by atoms with Gasteiger partial charge in [0.25, 0.3) is 0 Å². The lowest BCUT2D eigenvalue weighted by atomic mass is 9.84. The molecule has 2 unspecified atom stereocenters. The number of hydrogen-bond acceptors (Lipinski definition) is 2. The lowest BCUT2D eigenvalue weighted by molar-refractivity contribution is -0.119. The van der Waals surface area contributed by atoms with Gasteiger partial charge in [-0.15, -0.1) is 0 Å². The van der Waals surface area contributed by atoms with Crippen molar-refractivity contribution < 1.29 is 9.90 Å². The monoisotopic (exact) mass is 259 g/mol. The summed E-state index contributed by atoms with van der Waals surface area (Å²) >= 11 is 0. The standard InChI is InChI=1S/C16H21NO2/c1-15(2)8-11(15)13(18)9-5-6-12-10(7-9)16(3,4)14(19)17-12/h5-7,11,13,18H,8H2,1-4H3,(H,17,19). The summed E-state index contributed by atoms with van der Waals surface area (Å²) in [5, 5.41) is 13.4. The highest BCUT2D eigenvalue weighted by atomic mass is 16.3. The first-order chi connectivity index (χ1) is 8.73. The maximum atomic E-state index is 11.9. The van der Waals surface area contributed by atoms with E-state index < -0.39 is 11.5 Å². The summed E-state index contributed by atoms with van der Waals surface area (Å²) in [4.78, 5) is 11.9. The van der Waals surface area contributed by atoms with Crippen molar-refractivity contribution in [3.63, 3.8) is 0 Å². The Kier molecular flexibility index (Phi) is 2.40. The van der Waals surface area contributed by atoms with Crippen LogP contribution in [0.3, 0.4) is 0 Å². The van der Waals surface area contributed by atoms with Gasteiger partial charge in [0.2, 0.25) is 5.91 Å². The molecule has 1 amide bonds. The summed E-state index contributed by atoms with van der Waals surface area (Å²) in [6, 6.07) is 5.84. The van der Waals surface area contributed by atoms with Crippen LogP contribution in [0.5, 0.6) is 0 Å². The molecule has 1 fully saturated rings. The van der Waals surface area contributed by atoms with Crippen LogP contribution in [0.4, 0.5) is 5.69 Å². The third kappa shape index (κ3) is 1.79. The summed E-state index contributed by atoms with van der Waals surface area (Å²) in [6.07, 6.45) is 0.637. The summed E-state index contributed by atoms with van der Waals surface area (Å²) in [7, 11) is 0. The molecule has 1 heterocycles. The molecule has 0 saturated heterocycles. The van der Waals surface area contributed by atoms with E-state index in [2.05, 4.69) is 19.2 Å². The molecule has 2 atom stereocenters. The normalized spacial score (nSPS) is 27.6. The Bertz CT molecular complexity index is 560. The second kappa shape index (κ2) is 3.60. The minimum absolute atomic E-state index is 0.0286. The van der Waals surface area contributed by atoms with Gasteiger partial charge in [-0.25, -0.2) is 0 Å². The van der Waals surface area contributed by atoms with Gasteiger partial charge in [-0.1, -0.05) is 26.0 Å². The Morgan fingerprint density at radius 1 is 1.32 bits per heavy atom. The number of hydrogen-bond donors (Lipinski definition) is 2. The third-order valence-electron chi connectivity index (χ3n) is 4.85. The van der Waals surface area contributed by atoms with Crippen LogP contribution in [0.15, 0.2) is 18.2 Å². The van der Waals surface area contributed by atoms with Crippen LogP contribution in [0.1, 0.15) is 51.3 Å². The van der Waals surface area contributed by atoms with Crippen molar-refractivity contribution >= 4 is 11.6 Å². The molecule has 2 aliphatic rings. The van der Waals surface area contributed by atoms with Gasteiger partial charge in [-0.05, 0) is 48.8 Å². The molecule has 102 valence electrons. The number of anilines is 1. The summed E-state index contributed by atoms with van der Waals surface area (Å²) in [5.41, 5.74) is 2.53. The highest BCUT2D eigenvalue weighted by Gasteiger charge is 2.50. The van der Waals surface area contributed by atoms with Gasteiger partial charge in [0.1, 0.15) is 0 Å². The average Bonchev–Trinajstić information content (AvgIpc) is 2.90. The van der Waals surface area contributed by atoms with Gasteiger partial charge < -0.3 is 10.4 Å². The molecule has 2 N–H and O–H groups in total. The maximum absolute atomic E-state index is 11.9. The fourth-order valence-corrected chi connectivity index (χ4v) is 3.05. The smallest absolute Gasteiger partial charge is 0.234 e. The highest BCUT2D eigenvalue weighted by molar-refractivity contribution is 6.05. The van der Waals surface area contributed by atoms with Gasteiger partial charge in [0.15, 0.2) is 0 Å². The second-order valence-electron chi connectivity index (χ2n) is 7.13. The Morgan fingerprint density at radius 3 is 2.53 bits per heavy atom. The van der Waals surface area contributed by atoms with Crippen molar-refractivity contribution in [2.45, 2.75) is 45.6 Å². The molecular formula is C16H21NO2. The Hall–Kier alpha value is -1.35. The third-order valence-corrected chi connectivity index (χ3v) is 4.85. The fraction of sp³-hybridized carbons (Fsp3) is 0.562. The van der Waals surface area contributed by atoms with E-state index in [9.17, 15) is 9.90 Å². The molecule has 1 saturated carbocycles. The highest BCUT2D eigenvalue weighted by Crippen LogP contribution is 2.58. The van der Waals surface area contributed by atoms with Crippen molar-refractivity contribution in [2.75, 3.05) is 5.32 Å². The van der Waals surface area contributed by atoms with E-state index >= 15 is 0 Å². The molecule has 3 nitrogen and oxygen atoms in total. The van der Waals surface area contributed by atoms with E-state index in [1.807, 2.05) is 32.0 Å². The van der Waals surface area contributed by atoms with Crippen LogP contribution in [-0.2, 0) is 10.2 Å². The van der Waals surface area contributed by atoms with Gasteiger partial charge in [-0.2, -0.15) is 0 Å². The largest absolute Gasteiger partial charge is 0.388 e. The minimum atomic E-state index is -0.510. The van der Waals surface area contributed by atoms with Crippen LogP contribution < -0.4 is 5.32 Å². The fourth-order valence-electron chi connectivity index (χ4n) is 3.05. The molecule has 0 radical (unpaired) electrons. The van der Waals surface area contributed by atoms with Crippen LogP contribution >= 0.6 is 0 Å². The van der Waals surface area contributed by atoms with Gasteiger partial charge in [-0.3, -0.25) is 4.79 Å². The van der Waals surface area contributed by atoms with E-state index in [-0.39, 0.29) is 11.3 Å². The zero-order valence-electron chi connectivity index (χ0n) is 11.9. The van der Waals surface area contributed by atoms with E-state index in [1.165, 1.54) is 0 Å². The number of fused-ring (bicyclic) bond motifs is 1. The topological polar surface area (TPSA) is 49.3 Å². The van der Waals surface area contributed by atoms with E-state index in [0.29, 0.717) is 5.92 Å². The molecule has 1 aliphatic heterocycles. The molecule has 3 rings (SSSR count). The zero-order valence-corrected chi connectivity index (χ0v) is 11.9. The molecule has 1 aliphatic carbocycles. The number of amides is 1. The van der Waals surface area contributed by atoms with Crippen molar-refractivity contribution in [1.82, 2.24) is 0 Å².